The summed E-state index contributed by atoms with van der Waals surface area (Å²) >= 11 is 0. The number of rotatable bonds is 9. The third-order valence-electron chi connectivity index (χ3n) is 26.3. The largest absolute Gasteiger partial charge is 0.0622 e. The van der Waals surface area contributed by atoms with Crippen LogP contribution in [-0.4, -0.2) is 0 Å². The minimum absolute atomic E-state index is 1.23. The summed E-state index contributed by atoms with van der Waals surface area (Å²) in [6.45, 7) is 0. The monoisotopic (exact) mass is 1570 g/mol. The number of fused-ring (bicyclic) bond motifs is 12. The van der Waals surface area contributed by atoms with E-state index in [4.69, 9.17) is 0 Å². The van der Waals surface area contributed by atoms with Gasteiger partial charge in [-0.15, -0.1) is 0 Å². The molecule has 25 aromatic rings. The molecule has 26 rings (SSSR count). The van der Waals surface area contributed by atoms with Gasteiger partial charge in [0, 0.05) is 0 Å². The van der Waals surface area contributed by atoms with E-state index < -0.39 is 0 Å². The lowest BCUT2D eigenvalue weighted by Gasteiger charge is -2.20. The Hall–Kier alpha value is -16.1. The van der Waals surface area contributed by atoms with Gasteiger partial charge in [-0.05, 0) is 258 Å². The average Bonchev–Trinajstić information content (AvgIpc) is 1.23. The van der Waals surface area contributed by atoms with Gasteiger partial charge in [-0.3, -0.25) is 0 Å². The molecule has 0 aliphatic heterocycles. The molecule has 1 aliphatic carbocycles. The lowest BCUT2D eigenvalue weighted by atomic mass is 9.82. The molecule has 0 aromatic heterocycles. The predicted molar refractivity (Wildman–Crippen MR) is 534 cm³/mol. The Labute approximate surface area is 719 Å². The summed E-state index contributed by atoms with van der Waals surface area (Å²) in [5.74, 6) is 0. The van der Waals surface area contributed by atoms with Gasteiger partial charge in [-0.25, -0.2) is 0 Å². The standard InChI is InChI=1S/2C42H26.C40H26/c1-2-10-27(11-3-1)28-20-22-31(23-21-28)40-33-15-4-6-17-35(33)42(36-18-7-5-16-34(36)40)38-26-32-14-8-12-29-24-25-30-13-9-19-37(38)41(30)39(29)32;1-2-11-27(12-3-1)28-21-23-29(24-22-28)40-33-15-6-8-17-35(33)42(36-18-9-7-16-34(36)40)39-26-25-38-31-14-5-4-13-30(31)32-19-10-20-37(39)41(32)38;1-2-11-27(12-3-1)28-21-23-30(24-22-28)39-35-15-6-8-17-37(35)40(38-18-9-7-16-36(38)39)34-20-10-19-32-31-14-5-4-13-29(31)25-26-33(32)34/h2*1-26H;1-26H. The zero-order valence-electron chi connectivity index (χ0n) is 68.0. The highest BCUT2D eigenvalue weighted by Gasteiger charge is 2.27. The van der Waals surface area contributed by atoms with Crippen LogP contribution >= 0.6 is 0 Å². The first-order chi connectivity index (χ1) is 61.6. The highest BCUT2D eigenvalue weighted by atomic mass is 14.3. The Morgan fingerprint density at radius 1 is 0.0887 bits per heavy atom. The van der Waals surface area contributed by atoms with Gasteiger partial charge in [0.15, 0.2) is 0 Å². The maximum atomic E-state index is 2.42. The Morgan fingerprint density at radius 2 is 0.339 bits per heavy atom. The lowest BCUT2D eigenvalue weighted by Crippen LogP contribution is -1.93. The van der Waals surface area contributed by atoms with Crippen LogP contribution in [0.3, 0.4) is 0 Å². The summed E-state index contributed by atoms with van der Waals surface area (Å²) < 4.78 is 0. The van der Waals surface area contributed by atoms with E-state index >= 15 is 0 Å². The van der Waals surface area contributed by atoms with Crippen molar-refractivity contribution in [3.63, 3.8) is 0 Å². The van der Waals surface area contributed by atoms with Gasteiger partial charge in [-0.2, -0.15) is 0 Å². The van der Waals surface area contributed by atoms with Crippen LogP contribution in [0.15, 0.2) is 473 Å². The number of benzene rings is 25. The summed E-state index contributed by atoms with van der Waals surface area (Å²) in [6.07, 6.45) is 0. The van der Waals surface area contributed by atoms with Crippen molar-refractivity contribution in [2.45, 2.75) is 0 Å². The van der Waals surface area contributed by atoms with E-state index in [1.54, 1.807) is 0 Å². The average molecular weight is 1570 g/mol. The second-order valence-corrected chi connectivity index (χ2v) is 32.9. The van der Waals surface area contributed by atoms with Crippen molar-refractivity contribution in [2.75, 3.05) is 0 Å². The second kappa shape index (κ2) is 30.0. The molecule has 0 nitrogen and oxygen atoms in total. The summed E-state index contributed by atoms with van der Waals surface area (Å²) in [4.78, 5) is 0. The topological polar surface area (TPSA) is 0 Å². The van der Waals surface area contributed by atoms with Crippen LogP contribution in [0.5, 0.6) is 0 Å². The van der Waals surface area contributed by atoms with Gasteiger partial charge in [0.25, 0.3) is 0 Å². The molecule has 0 N–H and O–H groups in total. The third-order valence-corrected chi connectivity index (χ3v) is 26.3. The van der Waals surface area contributed by atoms with Crippen LogP contribution in [0.1, 0.15) is 0 Å². The molecule has 0 unspecified atom stereocenters. The second-order valence-electron chi connectivity index (χ2n) is 32.9. The highest BCUT2D eigenvalue weighted by molar-refractivity contribution is 6.32. The van der Waals surface area contributed by atoms with Crippen molar-refractivity contribution < 1.29 is 0 Å². The Kier molecular flexibility index (Phi) is 17.4. The van der Waals surface area contributed by atoms with Crippen LogP contribution < -0.4 is 0 Å². The van der Waals surface area contributed by atoms with Crippen molar-refractivity contribution in [1.29, 1.82) is 0 Å². The highest BCUT2D eigenvalue weighted by Crippen LogP contribution is 2.54. The predicted octanol–water partition coefficient (Wildman–Crippen LogP) is 35.0. The fourth-order valence-corrected chi connectivity index (χ4v) is 20.8. The van der Waals surface area contributed by atoms with Crippen molar-refractivity contribution in [1.82, 2.24) is 0 Å². The zero-order valence-corrected chi connectivity index (χ0v) is 68.0. The van der Waals surface area contributed by atoms with Crippen LogP contribution in [-0.2, 0) is 0 Å². The van der Waals surface area contributed by atoms with Gasteiger partial charge in [0.2, 0.25) is 0 Å². The van der Waals surface area contributed by atoms with Crippen molar-refractivity contribution >= 4 is 129 Å². The van der Waals surface area contributed by atoms with Crippen LogP contribution in [0.2, 0.25) is 0 Å². The quantitative estimate of drug-likeness (QED) is 0.0998. The van der Waals surface area contributed by atoms with Crippen molar-refractivity contribution in [2.24, 2.45) is 0 Å². The van der Waals surface area contributed by atoms with E-state index in [0.717, 1.165) is 0 Å². The van der Waals surface area contributed by atoms with E-state index in [2.05, 4.69) is 473 Å². The Bertz CT molecular complexity index is 8340. The van der Waals surface area contributed by atoms with Crippen molar-refractivity contribution in [3.8, 4) is 122 Å². The normalized spacial score (nSPS) is 11.7. The molecule has 0 fully saturated rings. The molecule has 0 spiro atoms. The van der Waals surface area contributed by atoms with Gasteiger partial charge >= 0.3 is 0 Å². The van der Waals surface area contributed by atoms with Gasteiger partial charge in [0.05, 0.1) is 0 Å². The van der Waals surface area contributed by atoms with Crippen molar-refractivity contribution in [3.05, 3.63) is 473 Å². The molecule has 1 aliphatic rings. The minimum atomic E-state index is 1.23. The van der Waals surface area contributed by atoms with Crippen LogP contribution in [0.4, 0.5) is 0 Å². The molecule has 0 heterocycles. The lowest BCUT2D eigenvalue weighted by molar-refractivity contribution is 1.61. The summed E-state index contributed by atoms with van der Waals surface area (Å²) in [5, 5.41) is 31.1. The first kappa shape index (κ1) is 71.9. The molecular weight excluding hydrogens is 1490 g/mol. The molecular formula is C124H78. The molecule has 574 valence electrons. The molecule has 0 saturated carbocycles. The molecule has 25 aromatic carbocycles. The van der Waals surface area contributed by atoms with E-state index in [1.807, 2.05) is 0 Å². The molecule has 0 bridgehead atoms. The summed E-state index contributed by atoms with van der Waals surface area (Å²) in [7, 11) is 0. The Balaban J connectivity index is 0.000000105. The first-order valence-electron chi connectivity index (χ1n) is 43.1. The third kappa shape index (κ3) is 11.9. The maximum absolute atomic E-state index is 2.42. The van der Waals surface area contributed by atoms with Gasteiger partial charge < -0.3 is 0 Å². The molecule has 0 amide bonds. The molecule has 0 radical (unpaired) electrons. The molecule has 0 atom stereocenters. The van der Waals surface area contributed by atoms with E-state index in [1.165, 1.54) is 252 Å². The summed E-state index contributed by atoms with van der Waals surface area (Å²) in [6, 6.07) is 173. The van der Waals surface area contributed by atoms with E-state index in [9.17, 15) is 0 Å². The number of hydrogen-bond donors (Lipinski definition) is 0. The van der Waals surface area contributed by atoms with Gasteiger partial charge in [0.1, 0.15) is 0 Å². The first-order valence-corrected chi connectivity index (χ1v) is 43.1. The smallest absolute Gasteiger partial charge is 0.00199 e. The minimum Gasteiger partial charge on any atom is -0.0622 e. The molecule has 124 heavy (non-hydrogen) atoms. The fourth-order valence-electron chi connectivity index (χ4n) is 20.8. The summed E-state index contributed by atoms with van der Waals surface area (Å²) in [5.41, 5.74) is 28.1. The maximum Gasteiger partial charge on any atom is -0.00199 e. The number of hydrogen-bond acceptors (Lipinski definition) is 0. The van der Waals surface area contributed by atoms with E-state index in [-0.39, 0.29) is 0 Å². The van der Waals surface area contributed by atoms with Crippen LogP contribution in [0, 0.1) is 0 Å². The van der Waals surface area contributed by atoms with E-state index in [0.29, 0.717) is 0 Å². The zero-order chi connectivity index (χ0) is 81.7. The SMILES string of the molecule is c1ccc(-c2ccc(-c3c4ccccc4c(-c4cc5cccc6ccc7cccc4c7c65)c4ccccc34)cc2)cc1.c1ccc(-c2ccc(-c3c4ccccc4c(-c4ccc5c6c(cccc46)-c4ccccc4-5)c4ccccc34)cc2)cc1.c1ccc(-c2ccc(-c3c4ccccc4c(-c4cccc5c4ccc4ccccc45)c4ccccc34)cc2)cc1. The fraction of sp³-hybridized carbons (Fsp3) is 0. The van der Waals surface area contributed by atoms with Crippen LogP contribution in [0.25, 0.3) is 252 Å². The van der Waals surface area contributed by atoms with Gasteiger partial charge in [-0.1, -0.05) is 467 Å². The molecule has 0 saturated heterocycles. The molecule has 0 heteroatoms. The Morgan fingerprint density at radius 3 is 0.766 bits per heavy atom.